The SMILES string of the molecule is CC1C(=O)C(=Nc2ccc(NCCCn3cc[n+](C)c3)cc2)CC(=Nc2ccc(NCCCn3cc[n+](C)c3)cc2)C1=O. The maximum absolute atomic E-state index is 12.9. The number of Topliss-reactive ketones (excluding diaryl/α,β-unsaturated/α-hetero) is 2. The molecule has 0 radical (unpaired) electrons. The summed E-state index contributed by atoms with van der Waals surface area (Å²) in [6, 6.07) is 15.4. The van der Waals surface area contributed by atoms with Gasteiger partial charge in [0.05, 0.1) is 55.9 Å². The van der Waals surface area contributed by atoms with Crippen LogP contribution in [0.1, 0.15) is 26.2 Å². The zero-order chi connectivity index (χ0) is 30.2. The van der Waals surface area contributed by atoms with E-state index in [0.29, 0.717) is 22.8 Å². The molecule has 1 aliphatic carbocycles. The van der Waals surface area contributed by atoms with Crippen LogP contribution in [0, 0.1) is 5.92 Å². The van der Waals surface area contributed by atoms with E-state index in [1.165, 1.54) is 0 Å². The number of aryl methyl sites for hydroxylation is 4. The minimum Gasteiger partial charge on any atom is -0.385 e. The van der Waals surface area contributed by atoms with Crippen molar-refractivity contribution in [1.29, 1.82) is 0 Å². The van der Waals surface area contributed by atoms with Gasteiger partial charge in [0.1, 0.15) is 24.8 Å². The molecule has 2 aromatic heterocycles. The number of rotatable bonds is 12. The van der Waals surface area contributed by atoms with Crippen molar-refractivity contribution in [2.75, 3.05) is 23.7 Å². The van der Waals surface area contributed by atoms with Crippen LogP contribution in [-0.2, 0) is 36.8 Å². The standard InChI is InChI=1S/C33H38N8O2/c1-25-32(42)30(36-28-10-6-26(7-11-28)34-14-4-16-40-20-18-38(2)23-40)22-31(33(25)43)37-29-12-8-27(9-13-29)35-15-5-17-41-21-19-39(3)24-41/h6-13,18-21,23-25H,4-5,14-17,22H2,1-3H3/p+2. The molecule has 0 amide bonds. The lowest BCUT2D eigenvalue weighted by molar-refractivity contribution is -0.671. The molecule has 0 unspecified atom stereocenters. The summed E-state index contributed by atoms with van der Waals surface area (Å²) in [4.78, 5) is 35.1. The van der Waals surface area contributed by atoms with Gasteiger partial charge in [-0.25, -0.2) is 28.3 Å². The monoisotopic (exact) mass is 580 g/mol. The Morgan fingerprint density at radius 1 is 0.721 bits per heavy atom. The Kier molecular flexibility index (Phi) is 9.56. The summed E-state index contributed by atoms with van der Waals surface area (Å²) in [5.74, 6) is -1.27. The molecule has 10 nitrogen and oxygen atoms in total. The van der Waals surface area contributed by atoms with E-state index in [-0.39, 0.29) is 18.0 Å². The number of hydrogen-bond acceptors (Lipinski definition) is 6. The van der Waals surface area contributed by atoms with Crippen LogP contribution in [-0.4, -0.2) is 45.2 Å². The fourth-order valence-electron chi connectivity index (χ4n) is 5.02. The van der Waals surface area contributed by atoms with Crippen molar-refractivity contribution < 1.29 is 18.7 Å². The van der Waals surface area contributed by atoms with Crippen molar-refractivity contribution in [2.45, 2.75) is 39.3 Å². The van der Waals surface area contributed by atoms with Crippen molar-refractivity contribution >= 4 is 45.7 Å². The molecule has 43 heavy (non-hydrogen) atoms. The summed E-state index contributed by atoms with van der Waals surface area (Å²) < 4.78 is 8.37. The fourth-order valence-corrected chi connectivity index (χ4v) is 5.02. The number of benzene rings is 2. The largest absolute Gasteiger partial charge is 0.385 e. The average molecular weight is 581 g/mol. The van der Waals surface area contributed by atoms with Gasteiger partial charge in [-0.3, -0.25) is 9.59 Å². The number of hydrogen-bond donors (Lipinski definition) is 2. The minimum atomic E-state index is -0.793. The molecule has 2 heterocycles. The first-order valence-electron chi connectivity index (χ1n) is 14.8. The molecule has 2 aromatic carbocycles. The highest BCUT2D eigenvalue weighted by Crippen LogP contribution is 2.24. The van der Waals surface area contributed by atoms with E-state index in [1.54, 1.807) is 6.92 Å². The van der Waals surface area contributed by atoms with Crippen LogP contribution in [0.25, 0.3) is 0 Å². The van der Waals surface area contributed by atoms with Crippen LogP contribution < -0.4 is 19.8 Å². The van der Waals surface area contributed by atoms with Crippen molar-refractivity contribution in [2.24, 2.45) is 30.0 Å². The summed E-state index contributed by atoms with van der Waals surface area (Å²) in [5.41, 5.74) is 4.07. The predicted octanol–water partition coefficient (Wildman–Crippen LogP) is 3.97. The first-order valence-corrected chi connectivity index (χ1v) is 14.8. The van der Waals surface area contributed by atoms with Gasteiger partial charge in [0.25, 0.3) is 0 Å². The van der Waals surface area contributed by atoms with Crippen molar-refractivity contribution in [3.8, 4) is 0 Å². The maximum Gasteiger partial charge on any atom is 0.243 e. The number of aromatic nitrogens is 4. The lowest BCUT2D eigenvalue weighted by Gasteiger charge is -2.19. The molecule has 4 aromatic rings. The summed E-state index contributed by atoms with van der Waals surface area (Å²) in [5, 5.41) is 6.86. The second-order valence-corrected chi connectivity index (χ2v) is 11.0. The highest BCUT2D eigenvalue weighted by molar-refractivity contribution is 6.62. The molecular formula is C33H40N8O2+2. The molecule has 1 fully saturated rings. The lowest BCUT2D eigenvalue weighted by atomic mass is 9.85. The number of aliphatic imine (C=N–C) groups is 2. The van der Waals surface area contributed by atoms with Gasteiger partial charge in [-0.1, -0.05) is 0 Å². The van der Waals surface area contributed by atoms with Crippen molar-refractivity contribution in [3.05, 3.63) is 86.0 Å². The second kappa shape index (κ2) is 13.9. The lowest BCUT2D eigenvalue weighted by Crippen LogP contribution is -2.40. The zero-order valence-electron chi connectivity index (χ0n) is 25.1. The summed E-state index contributed by atoms with van der Waals surface area (Å²) >= 11 is 0. The number of nitrogens with one attached hydrogen (secondary N) is 2. The van der Waals surface area contributed by atoms with E-state index >= 15 is 0 Å². The van der Waals surface area contributed by atoms with E-state index in [9.17, 15) is 9.59 Å². The van der Waals surface area contributed by atoms with Gasteiger partial charge in [-0.05, 0) is 55.5 Å². The van der Waals surface area contributed by atoms with Crippen molar-refractivity contribution in [3.63, 3.8) is 0 Å². The molecule has 0 atom stereocenters. The topological polar surface area (TPSA) is 101 Å². The predicted molar refractivity (Wildman–Crippen MR) is 168 cm³/mol. The molecule has 222 valence electrons. The summed E-state index contributed by atoms with van der Waals surface area (Å²) in [7, 11) is 4.02. The summed E-state index contributed by atoms with van der Waals surface area (Å²) in [6.45, 7) is 5.21. The number of imidazole rings is 2. The third-order valence-electron chi connectivity index (χ3n) is 7.44. The normalized spacial score (nSPS) is 17.1. The highest BCUT2D eigenvalue weighted by Gasteiger charge is 2.35. The maximum atomic E-state index is 12.9. The fraction of sp³-hybridized carbons (Fsp3) is 0.333. The third kappa shape index (κ3) is 8.12. The number of nitrogens with zero attached hydrogens (tertiary/aromatic N) is 6. The van der Waals surface area contributed by atoms with Gasteiger partial charge < -0.3 is 10.6 Å². The minimum absolute atomic E-state index is 0.121. The van der Waals surface area contributed by atoms with Crippen LogP contribution in [0.5, 0.6) is 0 Å². The van der Waals surface area contributed by atoms with E-state index < -0.39 is 5.92 Å². The summed E-state index contributed by atoms with van der Waals surface area (Å²) in [6.07, 6.45) is 14.4. The Morgan fingerprint density at radius 3 is 1.51 bits per heavy atom. The van der Waals surface area contributed by atoms with Crippen LogP contribution in [0.3, 0.4) is 0 Å². The first-order chi connectivity index (χ1) is 20.8. The number of anilines is 2. The molecule has 0 spiro atoms. The average Bonchev–Trinajstić information content (AvgIpc) is 3.63. The van der Waals surface area contributed by atoms with Crippen LogP contribution in [0.2, 0.25) is 0 Å². The Labute approximate surface area is 252 Å². The van der Waals surface area contributed by atoms with E-state index in [1.807, 2.05) is 84.2 Å². The van der Waals surface area contributed by atoms with Gasteiger partial charge in [0.2, 0.25) is 12.7 Å². The van der Waals surface area contributed by atoms with E-state index in [2.05, 4.69) is 54.8 Å². The van der Waals surface area contributed by atoms with E-state index in [4.69, 9.17) is 0 Å². The Bertz CT molecular complexity index is 1490. The van der Waals surface area contributed by atoms with Gasteiger partial charge in [-0.2, -0.15) is 0 Å². The second-order valence-electron chi connectivity index (χ2n) is 11.0. The third-order valence-corrected chi connectivity index (χ3v) is 7.44. The molecule has 0 saturated heterocycles. The van der Waals surface area contributed by atoms with Crippen LogP contribution >= 0.6 is 0 Å². The molecule has 0 aliphatic heterocycles. The van der Waals surface area contributed by atoms with Gasteiger partial charge in [0.15, 0.2) is 11.6 Å². The Balaban J connectivity index is 1.15. The van der Waals surface area contributed by atoms with Gasteiger partial charge in [-0.15, -0.1) is 0 Å². The number of ketones is 2. The first kappa shape index (κ1) is 29.6. The van der Waals surface area contributed by atoms with E-state index in [0.717, 1.165) is 50.4 Å². The van der Waals surface area contributed by atoms with Crippen LogP contribution in [0.15, 0.2) is 96.0 Å². The van der Waals surface area contributed by atoms with Gasteiger partial charge in [0, 0.05) is 43.7 Å². The molecule has 1 saturated carbocycles. The quantitative estimate of drug-likeness (QED) is 0.151. The molecule has 5 rings (SSSR count). The molecule has 10 heteroatoms. The smallest absolute Gasteiger partial charge is 0.243 e. The molecule has 1 aliphatic rings. The van der Waals surface area contributed by atoms with Crippen LogP contribution in [0.4, 0.5) is 22.7 Å². The number of carbonyl (C=O) groups is 2. The zero-order valence-corrected chi connectivity index (χ0v) is 25.1. The Hall–Kier alpha value is -4.86. The number of carbonyl (C=O) groups excluding carboxylic acids is 2. The highest BCUT2D eigenvalue weighted by atomic mass is 16.2. The molecular weight excluding hydrogens is 540 g/mol. The molecule has 2 N–H and O–H groups in total. The van der Waals surface area contributed by atoms with Gasteiger partial charge >= 0.3 is 0 Å². The Morgan fingerprint density at radius 2 is 1.14 bits per heavy atom. The van der Waals surface area contributed by atoms with Crippen molar-refractivity contribution in [1.82, 2.24) is 9.13 Å². The molecule has 0 bridgehead atoms.